The van der Waals surface area contributed by atoms with Crippen LogP contribution in [0.5, 0.6) is 0 Å². The number of amides is 1. The summed E-state index contributed by atoms with van der Waals surface area (Å²) in [7, 11) is 0. The molecule has 0 bridgehead atoms. The molecule has 1 aliphatic heterocycles. The number of rotatable bonds is 6. The van der Waals surface area contributed by atoms with Gasteiger partial charge in [-0.15, -0.1) is 0 Å². The lowest BCUT2D eigenvalue weighted by Crippen LogP contribution is -2.57. The molecule has 1 fully saturated rings. The predicted molar refractivity (Wildman–Crippen MR) is 99.2 cm³/mol. The maximum absolute atomic E-state index is 12.9. The van der Waals surface area contributed by atoms with Crippen LogP contribution >= 0.6 is 0 Å². The van der Waals surface area contributed by atoms with Crippen molar-refractivity contribution in [3.05, 3.63) is 35.9 Å². The van der Waals surface area contributed by atoms with Gasteiger partial charge in [-0.1, -0.05) is 44.2 Å². The highest BCUT2D eigenvalue weighted by atomic mass is 16.5. The second kappa shape index (κ2) is 8.30. The molecular weight excluding hydrogens is 316 g/mol. The fourth-order valence-electron chi connectivity index (χ4n) is 3.60. The molecule has 1 saturated heterocycles. The first-order valence-electron chi connectivity index (χ1n) is 9.16. The quantitative estimate of drug-likeness (QED) is 0.827. The topological polar surface area (TPSA) is 61.8 Å². The fraction of sp³-hybridized carbons (Fsp3) is 0.650. The largest absolute Gasteiger partial charge is 0.384 e. The summed E-state index contributed by atoms with van der Waals surface area (Å²) in [6.45, 7) is 11.6. The van der Waals surface area contributed by atoms with Crippen molar-refractivity contribution in [2.45, 2.75) is 58.5 Å². The van der Waals surface area contributed by atoms with Gasteiger partial charge in [-0.25, -0.2) is 0 Å². The van der Waals surface area contributed by atoms with Crippen LogP contribution < -0.4 is 5.32 Å². The van der Waals surface area contributed by atoms with Gasteiger partial charge in [0.2, 0.25) is 5.91 Å². The smallest absolute Gasteiger partial charge is 0.237 e. The Kier molecular flexibility index (Phi) is 6.60. The maximum Gasteiger partial charge on any atom is 0.237 e. The Balaban J connectivity index is 2.03. The molecule has 5 heteroatoms. The number of benzene rings is 1. The highest BCUT2D eigenvalue weighted by Crippen LogP contribution is 2.21. The van der Waals surface area contributed by atoms with Crippen molar-refractivity contribution in [3.8, 4) is 0 Å². The first-order chi connectivity index (χ1) is 11.7. The second-order valence-electron chi connectivity index (χ2n) is 7.76. The molecule has 4 unspecified atom stereocenters. The second-order valence-corrected chi connectivity index (χ2v) is 7.76. The number of ether oxygens (including phenoxy) is 1. The number of nitrogens with zero attached hydrogens (tertiary/aromatic N) is 1. The number of carbonyl (C=O) groups excluding carboxylic acids is 1. The van der Waals surface area contributed by atoms with Gasteiger partial charge in [0, 0.05) is 13.1 Å². The van der Waals surface area contributed by atoms with Crippen LogP contribution in [-0.2, 0) is 15.1 Å². The van der Waals surface area contributed by atoms with E-state index in [-0.39, 0.29) is 36.6 Å². The number of hydrogen-bond donors (Lipinski definition) is 2. The SMILES string of the molecule is CC1CN(C(C(=O)NCC(C)(O)c2ccccc2)C(C)C)CC(C)O1. The van der Waals surface area contributed by atoms with Crippen LogP contribution in [0.4, 0.5) is 0 Å². The van der Waals surface area contributed by atoms with E-state index < -0.39 is 5.60 Å². The van der Waals surface area contributed by atoms with Crippen LogP contribution in [0.15, 0.2) is 30.3 Å². The van der Waals surface area contributed by atoms with E-state index in [1.165, 1.54) is 0 Å². The average molecular weight is 348 g/mol. The third-order valence-electron chi connectivity index (χ3n) is 4.74. The molecule has 0 radical (unpaired) electrons. The number of nitrogens with one attached hydrogen (secondary N) is 1. The molecule has 0 aromatic heterocycles. The molecule has 1 aromatic carbocycles. The summed E-state index contributed by atoms with van der Waals surface area (Å²) in [6, 6.07) is 9.21. The molecule has 25 heavy (non-hydrogen) atoms. The van der Waals surface area contributed by atoms with E-state index in [0.29, 0.717) is 0 Å². The lowest BCUT2D eigenvalue weighted by molar-refractivity contribution is -0.136. The van der Waals surface area contributed by atoms with Crippen LogP contribution in [0.3, 0.4) is 0 Å². The van der Waals surface area contributed by atoms with E-state index >= 15 is 0 Å². The summed E-state index contributed by atoms with van der Waals surface area (Å²) in [4.78, 5) is 15.1. The van der Waals surface area contributed by atoms with E-state index in [1.54, 1.807) is 6.92 Å². The monoisotopic (exact) mass is 348 g/mol. The summed E-state index contributed by atoms with van der Waals surface area (Å²) >= 11 is 0. The van der Waals surface area contributed by atoms with Gasteiger partial charge in [0.05, 0.1) is 24.8 Å². The maximum atomic E-state index is 12.9. The van der Waals surface area contributed by atoms with E-state index in [9.17, 15) is 9.90 Å². The first kappa shape index (κ1) is 19.9. The molecule has 5 nitrogen and oxygen atoms in total. The van der Waals surface area contributed by atoms with Gasteiger partial charge in [0.15, 0.2) is 0 Å². The molecule has 2 rings (SSSR count). The molecule has 1 aliphatic rings. The van der Waals surface area contributed by atoms with Crippen molar-refractivity contribution < 1.29 is 14.6 Å². The lowest BCUT2D eigenvalue weighted by Gasteiger charge is -2.41. The van der Waals surface area contributed by atoms with Crippen LogP contribution in [-0.4, -0.2) is 53.8 Å². The van der Waals surface area contributed by atoms with Gasteiger partial charge >= 0.3 is 0 Å². The van der Waals surface area contributed by atoms with Crippen molar-refractivity contribution in [2.24, 2.45) is 5.92 Å². The van der Waals surface area contributed by atoms with Gasteiger partial charge in [-0.2, -0.15) is 0 Å². The van der Waals surface area contributed by atoms with Crippen molar-refractivity contribution >= 4 is 5.91 Å². The average Bonchev–Trinajstić information content (AvgIpc) is 2.53. The summed E-state index contributed by atoms with van der Waals surface area (Å²) in [6.07, 6.45) is 0.232. The lowest BCUT2D eigenvalue weighted by atomic mass is 9.95. The van der Waals surface area contributed by atoms with Crippen LogP contribution in [0, 0.1) is 5.92 Å². The Morgan fingerprint density at radius 1 is 1.28 bits per heavy atom. The molecule has 4 atom stereocenters. The minimum Gasteiger partial charge on any atom is -0.384 e. The molecule has 1 aromatic rings. The Bertz CT molecular complexity index is 549. The van der Waals surface area contributed by atoms with Crippen LogP contribution in [0.2, 0.25) is 0 Å². The third-order valence-corrected chi connectivity index (χ3v) is 4.74. The Labute approximate surface area is 151 Å². The van der Waals surface area contributed by atoms with Gasteiger partial charge in [-0.05, 0) is 32.3 Å². The standard InChI is InChI=1S/C20H32N2O3/c1-14(2)18(22-11-15(3)25-16(4)12-22)19(23)21-13-20(5,24)17-9-7-6-8-10-17/h6-10,14-16,18,24H,11-13H2,1-5H3,(H,21,23). The molecule has 1 heterocycles. The number of hydrogen-bond acceptors (Lipinski definition) is 4. The number of morpholine rings is 1. The van der Waals surface area contributed by atoms with E-state index in [4.69, 9.17) is 4.74 Å². The van der Waals surface area contributed by atoms with Gasteiger partial charge in [0.25, 0.3) is 0 Å². The number of aliphatic hydroxyl groups is 1. The van der Waals surface area contributed by atoms with E-state index in [2.05, 4.69) is 24.1 Å². The zero-order chi connectivity index (χ0) is 18.6. The fourth-order valence-corrected chi connectivity index (χ4v) is 3.60. The predicted octanol–water partition coefficient (Wildman–Crippen LogP) is 2.14. The molecule has 0 spiro atoms. The highest BCUT2D eigenvalue weighted by Gasteiger charge is 2.35. The summed E-state index contributed by atoms with van der Waals surface area (Å²) in [5.74, 6) is 0.145. The van der Waals surface area contributed by atoms with E-state index in [0.717, 1.165) is 18.7 Å². The minimum atomic E-state index is -1.09. The van der Waals surface area contributed by atoms with Crippen LogP contribution in [0.1, 0.15) is 40.2 Å². The van der Waals surface area contributed by atoms with Gasteiger partial charge < -0.3 is 15.2 Å². The molecule has 2 N–H and O–H groups in total. The van der Waals surface area contributed by atoms with Crippen molar-refractivity contribution in [3.63, 3.8) is 0 Å². The summed E-state index contributed by atoms with van der Waals surface area (Å²) < 4.78 is 5.78. The summed E-state index contributed by atoms with van der Waals surface area (Å²) in [5, 5.41) is 13.7. The van der Waals surface area contributed by atoms with Crippen molar-refractivity contribution in [2.75, 3.05) is 19.6 Å². The normalized spacial score (nSPS) is 25.4. The van der Waals surface area contributed by atoms with Crippen molar-refractivity contribution in [1.29, 1.82) is 0 Å². The minimum absolute atomic E-state index is 0.0347. The third kappa shape index (κ3) is 5.27. The van der Waals surface area contributed by atoms with Crippen molar-refractivity contribution in [1.82, 2.24) is 10.2 Å². The number of carbonyl (C=O) groups is 1. The molecule has 140 valence electrons. The van der Waals surface area contributed by atoms with Gasteiger partial charge in [-0.3, -0.25) is 9.69 Å². The summed E-state index contributed by atoms with van der Waals surface area (Å²) in [5.41, 5.74) is -0.297. The Morgan fingerprint density at radius 2 is 1.84 bits per heavy atom. The molecule has 0 aliphatic carbocycles. The molecule has 1 amide bonds. The zero-order valence-electron chi connectivity index (χ0n) is 16.0. The van der Waals surface area contributed by atoms with E-state index in [1.807, 2.05) is 44.2 Å². The Morgan fingerprint density at radius 3 is 2.36 bits per heavy atom. The first-order valence-corrected chi connectivity index (χ1v) is 9.16. The molecular formula is C20H32N2O3. The van der Waals surface area contributed by atoms with Crippen LogP contribution in [0.25, 0.3) is 0 Å². The zero-order valence-corrected chi connectivity index (χ0v) is 16.0. The van der Waals surface area contributed by atoms with Gasteiger partial charge in [0.1, 0.15) is 5.60 Å². The highest BCUT2D eigenvalue weighted by molar-refractivity contribution is 5.82. The Hall–Kier alpha value is -1.43. The molecule has 0 saturated carbocycles.